The molecule has 29 heavy (non-hydrogen) atoms. The highest BCUT2D eigenvalue weighted by Crippen LogP contribution is 2.27. The smallest absolute Gasteiger partial charge is 0.0991 e. The van der Waals surface area contributed by atoms with Gasteiger partial charge in [-0.1, -0.05) is 84.9 Å². The van der Waals surface area contributed by atoms with E-state index in [0.29, 0.717) is 5.56 Å². The van der Waals surface area contributed by atoms with Gasteiger partial charge in [0, 0.05) is 11.5 Å². The second-order valence-corrected chi connectivity index (χ2v) is 7.90. The van der Waals surface area contributed by atoms with Crippen molar-refractivity contribution in [1.29, 1.82) is 5.26 Å². The maximum Gasteiger partial charge on any atom is 0.0991 e. The topological polar surface area (TPSA) is 23.8 Å². The Kier molecular flexibility index (Phi) is 6.10. The summed E-state index contributed by atoms with van der Waals surface area (Å²) in [5.74, 6) is 1.86. The summed E-state index contributed by atoms with van der Waals surface area (Å²) in [6.45, 7) is 0. The van der Waals surface area contributed by atoms with E-state index in [1.54, 1.807) is 0 Å². The van der Waals surface area contributed by atoms with Crippen LogP contribution in [0.15, 0.2) is 103 Å². The third-order valence-corrected chi connectivity index (χ3v) is 5.84. The average Bonchev–Trinajstić information content (AvgIpc) is 2.80. The molecule has 0 atom stereocenters. The van der Waals surface area contributed by atoms with E-state index in [2.05, 4.69) is 84.9 Å². The number of fused-ring (bicyclic) bond motifs is 1. The number of thioether (sulfide) groups is 1. The van der Waals surface area contributed by atoms with Crippen LogP contribution < -0.4 is 0 Å². The fourth-order valence-corrected chi connectivity index (χ4v) is 4.20. The molecule has 0 N–H and O–H groups in total. The van der Waals surface area contributed by atoms with Gasteiger partial charge in [0.05, 0.1) is 11.6 Å². The van der Waals surface area contributed by atoms with Gasteiger partial charge in [-0.25, -0.2) is 0 Å². The fourth-order valence-electron chi connectivity index (χ4n) is 3.37. The largest absolute Gasteiger partial charge is 0.192 e. The molecule has 0 aromatic heterocycles. The van der Waals surface area contributed by atoms with Crippen LogP contribution in [0, 0.1) is 11.3 Å². The number of nitrogens with zero attached hydrogens (tertiary/aromatic N) is 1. The van der Waals surface area contributed by atoms with Gasteiger partial charge in [0.25, 0.3) is 0 Å². The monoisotopic (exact) mass is 391 g/mol. The Morgan fingerprint density at radius 3 is 2.24 bits per heavy atom. The van der Waals surface area contributed by atoms with Crippen LogP contribution in [0.2, 0.25) is 0 Å². The predicted molar refractivity (Wildman–Crippen MR) is 125 cm³/mol. The quantitative estimate of drug-likeness (QED) is 0.328. The number of rotatable bonds is 6. The van der Waals surface area contributed by atoms with Gasteiger partial charge in [0.2, 0.25) is 0 Å². The van der Waals surface area contributed by atoms with E-state index in [4.69, 9.17) is 5.26 Å². The molecule has 1 nitrogen and oxygen atoms in total. The molecule has 0 spiro atoms. The molecule has 0 aliphatic carbocycles. The van der Waals surface area contributed by atoms with Crippen LogP contribution in [0.3, 0.4) is 0 Å². The first-order valence-corrected chi connectivity index (χ1v) is 10.8. The Morgan fingerprint density at radius 2 is 1.48 bits per heavy atom. The van der Waals surface area contributed by atoms with Crippen molar-refractivity contribution >= 4 is 28.1 Å². The molecule has 4 aromatic carbocycles. The Morgan fingerprint density at radius 1 is 0.759 bits per heavy atom. The molecule has 0 heterocycles. The van der Waals surface area contributed by atoms with Crippen molar-refractivity contribution in [2.24, 2.45) is 0 Å². The molecule has 0 saturated heterocycles. The van der Waals surface area contributed by atoms with Crippen molar-refractivity contribution in [1.82, 2.24) is 0 Å². The summed E-state index contributed by atoms with van der Waals surface area (Å²) in [6.07, 6.45) is 2.33. The van der Waals surface area contributed by atoms with E-state index in [1.165, 1.54) is 33.0 Å². The maximum atomic E-state index is 8.92. The van der Waals surface area contributed by atoms with Gasteiger partial charge in [-0.3, -0.25) is 0 Å². The highest BCUT2D eigenvalue weighted by molar-refractivity contribution is 7.98. The van der Waals surface area contributed by atoms with E-state index in [0.717, 1.165) is 11.5 Å². The van der Waals surface area contributed by atoms with Crippen LogP contribution in [-0.4, -0.2) is 5.75 Å². The molecule has 0 fully saturated rings. The molecule has 140 valence electrons. The zero-order chi connectivity index (χ0) is 19.9. The van der Waals surface area contributed by atoms with Crippen molar-refractivity contribution in [3.63, 3.8) is 0 Å². The van der Waals surface area contributed by atoms with Crippen LogP contribution >= 0.6 is 11.8 Å². The molecule has 0 amide bonds. The van der Waals surface area contributed by atoms with Crippen LogP contribution in [0.5, 0.6) is 0 Å². The number of hydrogen-bond acceptors (Lipinski definition) is 2. The molecule has 0 saturated carbocycles. The fraction of sp³-hybridized carbons (Fsp3) is 0.0741. The lowest BCUT2D eigenvalue weighted by atomic mass is 9.95. The Labute approximate surface area is 176 Å². The molecular weight excluding hydrogens is 370 g/mol. The molecule has 0 aliphatic heterocycles. The van der Waals surface area contributed by atoms with Crippen molar-refractivity contribution in [2.45, 2.75) is 5.75 Å². The molecule has 4 aromatic rings. The Bertz CT molecular complexity index is 1170. The van der Waals surface area contributed by atoms with E-state index in [1.807, 2.05) is 36.0 Å². The lowest BCUT2D eigenvalue weighted by Gasteiger charge is -2.10. The molecule has 0 radical (unpaired) electrons. The predicted octanol–water partition coefficient (Wildman–Crippen LogP) is 7.08. The van der Waals surface area contributed by atoms with Crippen LogP contribution in [0.1, 0.15) is 22.3 Å². The molecule has 0 aliphatic rings. The minimum atomic E-state index is 0.710. The first-order chi connectivity index (χ1) is 14.3. The number of hydrogen-bond donors (Lipinski definition) is 0. The summed E-state index contributed by atoms with van der Waals surface area (Å²) in [4.78, 5) is 0. The third-order valence-electron chi connectivity index (χ3n) is 4.90. The van der Waals surface area contributed by atoms with Gasteiger partial charge in [0.15, 0.2) is 0 Å². The van der Waals surface area contributed by atoms with Crippen LogP contribution in [-0.2, 0) is 5.75 Å². The number of nitriles is 1. The summed E-state index contributed by atoms with van der Waals surface area (Å²) in [6, 6.07) is 35.8. The van der Waals surface area contributed by atoms with Gasteiger partial charge < -0.3 is 0 Å². The van der Waals surface area contributed by atoms with Crippen molar-refractivity contribution in [3.05, 3.63) is 125 Å². The molecule has 0 unspecified atom stereocenters. The number of benzene rings is 4. The Hall–Kier alpha value is -3.28. The van der Waals surface area contributed by atoms with Gasteiger partial charge in [-0.15, -0.1) is 0 Å². The second kappa shape index (κ2) is 9.28. The van der Waals surface area contributed by atoms with Crippen LogP contribution in [0.4, 0.5) is 0 Å². The van der Waals surface area contributed by atoms with Crippen molar-refractivity contribution in [2.75, 3.05) is 5.75 Å². The highest BCUT2D eigenvalue weighted by Gasteiger charge is 2.06. The standard InChI is InChI=1S/C27H21NS/c28-19-21-10-12-22(13-11-21)20-29-17-16-27(24-7-2-1-3-8-24)26-15-14-23-6-4-5-9-25(23)18-26/h1-16,18H,17,20H2/b27-16+. The maximum absolute atomic E-state index is 8.92. The first-order valence-electron chi connectivity index (χ1n) is 9.65. The summed E-state index contributed by atoms with van der Waals surface area (Å²) in [5, 5.41) is 11.4. The first kappa shape index (κ1) is 19.1. The second-order valence-electron chi connectivity index (χ2n) is 6.87. The van der Waals surface area contributed by atoms with Crippen molar-refractivity contribution < 1.29 is 0 Å². The minimum Gasteiger partial charge on any atom is -0.192 e. The lowest BCUT2D eigenvalue weighted by Crippen LogP contribution is -1.90. The summed E-state index contributed by atoms with van der Waals surface area (Å²) in [5.41, 5.74) is 5.70. The molecule has 2 heteroatoms. The summed E-state index contributed by atoms with van der Waals surface area (Å²) in [7, 11) is 0. The Balaban J connectivity index is 1.56. The minimum absolute atomic E-state index is 0.710. The normalized spacial score (nSPS) is 11.3. The van der Waals surface area contributed by atoms with Gasteiger partial charge in [-0.05, 0) is 51.2 Å². The molecule has 4 rings (SSSR count). The zero-order valence-corrected chi connectivity index (χ0v) is 16.9. The average molecular weight is 392 g/mol. The van der Waals surface area contributed by atoms with Crippen LogP contribution in [0.25, 0.3) is 16.3 Å². The van der Waals surface area contributed by atoms with E-state index < -0.39 is 0 Å². The molecular formula is C27H21NS. The lowest BCUT2D eigenvalue weighted by molar-refractivity contribution is 1.39. The summed E-state index contributed by atoms with van der Waals surface area (Å²) < 4.78 is 0. The van der Waals surface area contributed by atoms with E-state index >= 15 is 0 Å². The zero-order valence-electron chi connectivity index (χ0n) is 16.1. The molecule has 0 bridgehead atoms. The van der Waals surface area contributed by atoms with E-state index in [9.17, 15) is 0 Å². The van der Waals surface area contributed by atoms with E-state index in [-0.39, 0.29) is 0 Å². The SMILES string of the molecule is N#Cc1ccc(CSC/C=C(\c2ccccc2)c2ccc3ccccc3c2)cc1. The highest BCUT2D eigenvalue weighted by atomic mass is 32.2. The third kappa shape index (κ3) is 4.77. The summed E-state index contributed by atoms with van der Waals surface area (Å²) >= 11 is 1.88. The van der Waals surface area contributed by atoms with Gasteiger partial charge >= 0.3 is 0 Å². The van der Waals surface area contributed by atoms with Gasteiger partial charge in [-0.2, -0.15) is 17.0 Å². The van der Waals surface area contributed by atoms with Gasteiger partial charge in [0.1, 0.15) is 0 Å². The van der Waals surface area contributed by atoms with Crippen molar-refractivity contribution in [3.8, 4) is 6.07 Å².